The summed E-state index contributed by atoms with van der Waals surface area (Å²) in [5, 5.41) is 19.0. The molecule has 2 aliphatic rings. The quantitative estimate of drug-likeness (QED) is 0.239. The molecule has 2 aliphatic heterocycles. The van der Waals surface area contributed by atoms with Gasteiger partial charge in [0.05, 0.1) is 35.9 Å². The van der Waals surface area contributed by atoms with Crippen molar-refractivity contribution in [3.05, 3.63) is 119 Å². The van der Waals surface area contributed by atoms with Gasteiger partial charge in [0.1, 0.15) is 0 Å². The van der Waals surface area contributed by atoms with Gasteiger partial charge in [0, 0.05) is 11.3 Å². The zero-order valence-electron chi connectivity index (χ0n) is 23.6. The Morgan fingerprint density at radius 1 is 0.905 bits per heavy atom. The molecule has 1 unspecified atom stereocenters. The molecule has 7 rings (SSSR count). The van der Waals surface area contributed by atoms with E-state index in [4.69, 9.17) is 19.8 Å². The molecule has 42 heavy (non-hydrogen) atoms. The molecule has 0 amide bonds. The number of benzene rings is 4. The molecule has 5 aromatic rings. The number of aromatic hydroxyl groups is 1. The normalized spacial score (nSPS) is 15.2. The molecule has 1 aromatic heterocycles. The smallest absolute Gasteiger partial charge is 0.179 e. The SMILES string of the molecule is CCc1ccc(NC2=Nc3ccccc3N3C2=Nc2c(c(C)nn2-c2ccccc2)C3c2ccc(O)c(OC)c2)cc1. The molecule has 0 spiro atoms. The van der Waals surface area contributed by atoms with E-state index in [1.54, 1.807) is 13.2 Å². The van der Waals surface area contributed by atoms with Crippen LogP contribution in [0.5, 0.6) is 11.5 Å². The molecular weight excluding hydrogens is 524 g/mol. The Morgan fingerprint density at radius 2 is 1.67 bits per heavy atom. The summed E-state index contributed by atoms with van der Waals surface area (Å²) in [4.78, 5) is 12.6. The van der Waals surface area contributed by atoms with E-state index >= 15 is 0 Å². The van der Waals surface area contributed by atoms with Crippen molar-refractivity contribution < 1.29 is 9.84 Å². The third kappa shape index (κ3) is 4.19. The van der Waals surface area contributed by atoms with Gasteiger partial charge in [-0.2, -0.15) is 5.10 Å². The van der Waals surface area contributed by atoms with E-state index in [9.17, 15) is 5.11 Å². The minimum absolute atomic E-state index is 0.0846. The maximum absolute atomic E-state index is 10.5. The molecule has 1 atom stereocenters. The van der Waals surface area contributed by atoms with Gasteiger partial charge in [0.15, 0.2) is 29.0 Å². The van der Waals surface area contributed by atoms with Gasteiger partial charge in [0.2, 0.25) is 0 Å². The van der Waals surface area contributed by atoms with E-state index in [2.05, 4.69) is 47.5 Å². The Morgan fingerprint density at radius 3 is 2.43 bits per heavy atom. The lowest BCUT2D eigenvalue weighted by atomic mass is 9.93. The number of aliphatic imine (C=N–C) groups is 2. The van der Waals surface area contributed by atoms with Crippen LogP contribution in [0.1, 0.15) is 35.3 Å². The van der Waals surface area contributed by atoms with Gasteiger partial charge in [-0.3, -0.25) is 0 Å². The Bertz CT molecular complexity index is 1860. The van der Waals surface area contributed by atoms with Crippen molar-refractivity contribution in [2.24, 2.45) is 9.98 Å². The minimum atomic E-state index is -0.324. The third-order valence-corrected chi connectivity index (χ3v) is 7.78. The van der Waals surface area contributed by atoms with Crippen molar-refractivity contribution in [3.63, 3.8) is 0 Å². The first kappa shape index (κ1) is 25.6. The predicted molar refractivity (Wildman–Crippen MR) is 167 cm³/mol. The number of para-hydroxylation sites is 3. The number of phenols is 1. The van der Waals surface area contributed by atoms with Crippen molar-refractivity contribution in [2.75, 3.05) is 17.3 Å². The minimum Gasteiger partial charge on any atom is -0.504 e. The zero-order chi connectivity index (χ0) is 28.8. The van der Waals surface area contributed by atoms with Crippen molar-refractivity contribution in [1.82, 2.24) is 9.78 Å². The fourth-order valence-corrected chi connectivity index (χ4v) is 5.69. The van der Waals surface area contributed by atoms with Gasteiger partial charge < -0.3 is 20.1 Å². The van der Waals surface area contributed by atoms with Crippen molar-refractivity contribution in [3.8, 4) is 17.2 Å². The van der Waals surface area contributed by atoms with Crippen LogP contribution in [0.25, 0.3) is 5.69 Å². The molecule has 0 saturated heterocycles. The van der Waals surface area contributed by atoms with Crippen LogP contribution in [-0.2, 0) is 6.42 Å². The number of nitrogens with zero attached hydrogens (tertiary/aromatic N) is 5. The molecule has 208 valence electrons. The summed E-state index contributed by atoms with van der Waals surface area (Å²) < 4.78 is 7.43. The number of aromatic nitrogens is 2. The standard InChI is InChI=1S/C34H30N6O2/c1-4-22-14-17-24(18-15-22)35-32-34-37-33-30(21(2)38-40(33)25-10-6-5-7-11-25)31(23-16-19-28(41)29(20-23)42-3)39(34)27-13-9-8-12-26(27)36-32/h5-20,31,41H,4H2,1-3H3,(H,35,36). The lowest BCUT2D eigenvalue weighted by Crippen LogP contribution is -2.46. The number of methoxy groups -OCH3 is 1. The summed E-state index contributed by atoms with van der Waals surface area (Å²) in [6.07, 6.45) is 0.971. The zero-order valence-corrected chi connectivity index (χ0v) is 23.6. The van der Waals surface area contributed by atoms with Gasteiger partial charge in [-0.05, 0) is 73.0 Å². The van der Waals surface area contributed by atoms with E-state index in [0.29, 0.717) is 17.4 Å². The highest BCUT2D eigenvalue weighted by Crippen LogP contribution is 2.49. The second-order valence-corrected chi connectivity index (χ2v) is 10.3. The van der Waals surface area contributed by atoms with Crippen LogP contribution < -0.4 is 15.0 Å². The van der Waals surface area contributed by atoms with E-state index in [1.807, 2.05) is 72.3 Å². The van der Waals surface area contributed by atoms with Crippen molar-refractivity contribution >= 4 is 34.6 Å². The highest BCUT2D eigenvalue weighted by atomic mass is 16.5. The number of rotatable bonds is 5. The Balaban J connectivity index is 1.48. The number of hydrogen-bond donors (Lipinski definition) is 2. The molecule has 8 heteroatoms. The first-order valence-electron chi connectivity index (χ1n) is 14.0. The second-order valence-electron chi connectivity index (χ2n) is 10.3. The van der Waals surface area contributed by atoms with Gasteiger partial charge >= 0.3 is 0 Å². The molecule has 4 aromatic carbocycles. The number of phenolic OH excluding ortho intramolecular Hbond substituents is 1. The van der Waals surface area contributed by atoms with Gasteiger partial charge in [-0.25, -0.2) is 14.7 Å². The number of amidine groups is 2. The van der Waals surface area contributed by atoms with Gasteiger partial charge in [-0.1, -0.05) is 55.5 Å². The number of ether oxygens (including phenoxy) is 1. The van der Waals surface area contributed by atoms with Crippen LogP contribution in [-0.4, -0.2) is 33.7 Å². The molecule has 0 aliphatic carbocycles. The Labute approximate surface area is 244 Å². The Hall–Kier alpha value is -5.37. The topological polar surface area (TPSA) is 87.3 Å². The average molecular weight is 555 g/mol. The van der Waals surface area contributed by atoms with Gasteiger partial charge in [-0.15, -0.1) is 0 Å². The summed E-state index contributed by atoms with van der Waals surface area (Å²) in [6, 6.07) is 31.7. The highest BCUT2D eigenvalue weighted by Gasteiger charge is 2.41. The number of anilines is 2. The molecule has 3 heterocycles. The molecule has 0 bridgehead atoms. The number of aryl methyl sites for hydroxylation is 2. The fourth-order valence-electron chi connectivity index (χ4n) is 5.69. The number of nitrogens with one attached hydrogen (secondary N) is 1. The second kappa shape index (κ2) is 10.2. The molecule has 8 nitrogen and oxygen atoms in total. The monoisotopic (exact) mass is 554 g/mol. The summed E-state index contributed by atoms with van der Waals surface area (Å²) in [5.74, 6) is 2.53. The van der Waals surface area contributed by atoms with Gasteiger partial charge in [0.25, 0.3) is 0 Å². The van der Waals surface area contributed by atoms with E-state index in [1.165, 1.54) is 5.56 Å². The lowest BCUT2D eigenvalue weighted by molar-refractivity contribution is 0.372. The van der Waals surface area contributed by atoms with E-state index < -0.39 is 0 Å². The molecule has 0 saturated carbocycles. The number of fused-ring (bicyclic) bond motifs is 4. The van der Waals surface area contributed by atoms with Crippen molar-refractivity contribution in [2.45, 2.75) is 26.3 Å². The molecule has 0 fully saturated rings. The maximum atomic E-state index is 10.5. The maximum Gasteiger partial charge on any atom is 0.179 e. The predicted octanol–water partition coefficient (Wildman–Crippen LogP) is 7.25. The average Bonchev–Trinajstić information content (AvgIpc) is 3.37. The lowest BCUT2D eigenvalue weighted by Gasteiger charge is -2.40. The summed E-state index contributed by atoms with van der Waals surface area (Å²) in [7, 11) is 1.56. The van der Waals surface area contributed by atoms with Crippen LogP contribution in [0.4, 0.5) is 22.9 Å². The molecule has 0 radical (unpaired) electrons. The highest BCUT2D eigenvalue weighted by molar-refractivity contribution is 6.51. The van der Waals surface area contributed by atoms with Crippen LogP contribution in [0.15, 0.2) is 107 Å². The van der Waals surface area contributed by atoms with Crippen LogP contribution in [0.2, 0.25) is 0 Å². The molecular formula is C34H30N6O2. The number of hydrogen-bond acceptors (Lipinski definition) is 7. The van der Waals surface area contributed by atoms with Crippen molar-refractivity contribution in [1.29, 1.82) is 0 Å². The summed E-state index contributed by atoms with van der Waals surface area (Å²) in [6.45, 7) is 4.16. The van der Waals surface area contributed by atoms with Crippen LogP contribution >= 0.6 is 0 Å². The summed E-state index contributed by atoms with van der Waals surface area (Å²) >= 11 is 0. The first-order chi connectivity index (χ1) is 20.6. The summed E-state index contributed by atoms with van der Waals surface area (Å²) in [5.41, 5.74) is 7.62. The fraction of sp³-hybridized carbons (Fsp3) is 0.147. The molecule has 2 N–H and O–H groups in total. The van der Waals surface area contributed by atoms with E-state index in [-0.39, 0.29) is 11.8 Å². The first-order valence-corrected chi connectivity index (χ1v) is 14.0. The third-order valence-electron chi connectivity index (χ3n) is 7.78. The van der Waals surface area contributed by atoms with Crippen LogP contribution in [0.3, 0.4) is 0 Å². The van der Waals surface area contributed by atoms with E-state index in [0.717, 1.165) is 51.8 Å². The largest absolute Gasteiger partial charge is 0.504 e. The van der Waals surface area contributed by atoms with Crippen LogP contribution in [0, 0.1) is 6.92 Å². The Kier molecular flexibility index (Phi) is 6.23.